The number of aryl methyl sites for hydroxylation is 2. The van der Waals surface area contributed by atoms with E-state index in [9.17, 15) is 14.7 Å². The van der Waals surface area contributed by atoms with Gasteiger partial charge in [0.2, 0.25) is 0 Å². The zero-order chi connectivity index (χ0) is 24.5. The maximum Gasteiger partial charge on any atom is 0.347 e. The highest BCUT2D eigenvalue weighted by atomic mass is 16.6. The molecule has 0 aliphatic heterocycles. The van der Waals surface area contributed by atoms with Crippen LogP contribution >= 0.6 is 0 Å². The van der Waals surface area contributed by atoms with Crippen molar-refractivity contribution in [3.05, 3.63) is 47.3 Å². The first-order chi connectivity index (χ1) is 15.4. The molecule has 0 saturated heterocycles. The average Bonchev–Trinajstić information content (AvgIpc) is 3.23. The van der Waals surface area contributed by atoms with Crippen molar-refractivity contribution in [1.82, 2.24) is 14.3 Å². The molecule has 2 aromatic heterocycles. The van der Waals surface area contributed by atoms with Crippen LogP contribution in [0.2, 0.25) is 0 Å². The summed E-state index contributed by atoms with van der Waals surface area (Å²) in [6.07, 6.45) is 3.21. The number of benzene rings is 1. The number of carboxylic acid groups (broad SMARTS) is 1. The third kappa shape index (κ3) is 5.27. The van der Waals surface area contributed by atoms with Crippen molar-refractivity contribution in [2.24, 2.45) is 7.05 Å². The number of aromatic nitrogens is 3. The Morgan fingerprint density at radius 3 is 2.55 bits per heavy atom. The van der Waals surface area contributed by atoms with Gasteiger partial charge in [0, 0.05) is 35.8 Å². The number of hydrogen-bond donors (Lipinski definition) is 1. The molecule has 3 aromatic rings. The standard InChI is InChI=1S/C25H31N3O5/c1-8-17(23(29)30)13-20-15(2)26-27(7)22(20)28-12-11-18-9-10-19(14-21(18)28)32-16(3)24(31)33-25(4,5)6/h9-14,16H,8H2,1-7H3,(H,29,30). The number of esters is 1. The summed E-state index contributed by atoms with van der Waals surface area (Å²) >= 11 is 0. The van der Waals surface area contributed by atoms with Crippen molar-refractivity contribution in [3.8, 4) is 11.6 Å². The molecule has 1 unspecified atom stereocenters. The summed E-state index contributed by atoms with van der Waals surface area (Å²) in [6.45, 7) is 10.8. The van der Waals surface area contributed by atoms with Crippen LogP contribution in [0.3, 0.4) is 0 Å². The second-order valence-electron chi connectivity index (χ2n) is 8.97. The van der Waals surface area contributed by atoms with Crippen LogP contribution in [-0.4, -0.2) is 43.1 Å². The van der Waals surface area contributed by atoms with Crippen molar-refractivity contribution in [2.75, 3.05) is 0 Å². The molecule has 176 valence electrons. The fraction of sp³-hybridized carbons (Fsp3) is 0.400. The molecule has 1 N–H and O–H groups in total. The third-order valence-corrected chi connectivity index (χ3v) is 5.16. The van der Waals surface area contributed by atoms with Gasteiger partial charge in [0.15, 0.2) is 6.10 Å². The van der Waals surface area contributed by atoms with Crippen molar-refractivity contribution in [3.63, 3.8) is 0 Å². The number of rotatable bonds is 7. The first-order valence-electron chi connectivity index (χ1n) is 10.9. The highest BCUT2D eigenvalue weighted by Crippen LogP contribution is 2.29. The molecule has 0 fully saturated rings. The van der Waals surface area contributed by atoms with Crippen LogP contribution in [0.4, 0.5) is 0 Å². The maximum absolute atomic E-state index is 12.3. The Balaban J connectivity index is 2.03. The van der Waals surface area contributed by atoms with E-state index in [1.54, 1.807) is 17.7 Å². The predicted molar refractivity (Wildman–Crippen MR) is 127 cm³/mol. The normalized spacial score (nSPS) is 13.2. The zero-order valence-electron chi connectivity index (χ0n) is 20.2. The quantitative estimate of drug-likeness (QED) is 0.413. The van der Waals surface area contributed by atoms with Crippen LogP contribution in [0, 0.1) is 6.92 Å². The zero-order valence-corrected chi connectivity index (χ0v) is 20.2. The van der Waals surface area contributed by atoms with E-state index in [-0.39, 0.29) is 0 Å². The molecule has 0 bridgehead atoms. The van der Waals surface area contributed by atoms with E-state index in [2.05, 4.69) is 5.10 Å². The van der Waals surface area contributed by atoms with Gasteiger partial charge in [0.05, 0.1) is 11.2 Å². The van der Waals surface area contributed by atoms with Gasteiger partial charge in [-0.25, -0.2) is 9.59 Å². The van der Waals surface area contributed by atoms with E-state index >= 15 is 0 Å². The molecule has 1 aromatic carbocycles. The van der Waals surface area contributed by atoms with Gasteiger partial charge in [-0.2, -0.15) is 5.10 Å². The fourth-order valence-corrected chi connectivity index (χ4v) is 3.61. The highest BCUT2D eigenvalue weighted by molar-refractivity contribution is 5.93. The molecule has 33 heavy (non-hydrogen) atoms. The number of carbonyl (C=O) groups is 2. The van der Waals surface area contributed by atoms with Gasteiger partial charge in [-0.1, -0.05) is 6.92 Å². The van der Waals surface area contributed by atoms with E-state index in [4.69, 9.17) is 9.47 Å². The van der Waals surface area contributed by atoms with Gasteiger partial charge in [-0.05, 0) is 65.3 Å². The highest BCUT2D eigenvalue weighted by Gasteiger charge is 2.23. The number of ether oxygens (including phenoxy) is 2. The molecule has 8 nitrogen and oxygen atoms in total. The van der Waals surface area contributed by atoms with Gasteiger partial charge >= 0.3 is 11.9 Å². The van der Waals surface area contributed by atoms with E-state index in [1.165, 1.54) is 0 Å². The minimum absolute atomic E-state index is 0.305. The van der Waals surface area contributed by atoms with Crippen molar-refractivity contribution in [1.29, 1.82) is 0 Å². The lowest BCUT2D eigenvalue weighted by Crippen LogP contribution is -2.33. The molecule has 8 heteroatoms. The van der Waals surface area contributed by atoms with Gasteiger partial charge in [-0.3, -0.25) is 4.68 Å². The molecular weight excluding hydrogens is 422 g/mol. The molecule has 0 amide bonds. The lowest BCUT2D eigenvalue weighted by atomic mass is 10.1. The van der Waals surface area contributed by atoms with Crippen LogP contribution in [0.15, 0.2) is 36.0 Å². The summed E-state index contributed by atoms with van der Waals surface area (Å²) in [5.74, 6) is -0.118. The van der Waals surface area contributed by atoms with Crippen LogP contribution in [0.5, 0.6) is 5.75 Å². The minimum atomic E-state index is -0.948. The summed E-state index contributed by atoms with van der Waals surface area (Å²) in [5, 5.41) is 15.0. The van der Waals surface area contributed by atoms with E-state index in [0.29, 0.717) is 17.7 Å². The topological polar surface area (TPSA) is 95.6 Å². The van der Waals surface area contributed by atoms with Crippen LogP contribution in [-0.2, 0) is 21.4 Å². The molecule has 1 atom stereocenters. The molecule has 0 spiro atoms. The molecule has 0 saturated carbocycles. The number of hydrogen-bond acceptors (Lipinski definition) is 5. The molecule has 0 aliphatic rings. The van der Waals surface area contributed by atoms with Crippen molar-refractivity contribution in [2.45, 2.75) is 59.7 Å². The smallest absolute Gasteiger partial charge is 0.347 e. The van der Waals surface area contributed by atoms with Crippen molar-refractivity contribution >= 4 is 28.9 Å². The lowest BCUT2D eigenvalue weighted by molar-refractivity contribution is -0.162. The van der Waals surface area contributed by atoms with Gasteiger partial charge < -0.3 is 19.1 Å². The molecule has 0 radical (unpaired) electrons. The second kappa shape index (κ2) is 9.13. The van der Waals surface area contributed by atoms with E-state index in [1.807, 2.05) is 76.7 Å². The first kappa shape index (κ1) is 24.1. The lowest BCUT2D eigenvalue weighted by Gasteiger charge is -2.22. The number of carboxylic acids is 1. The van der Waals surface area contributed by atoms with Crippen LogP contribution < -0.4 is 4.74 Å². The number of fused-ring (bicyclic) bond motifs is 1. The summed E-state index contributed by atoms with van der Waals surface area (Å²) < 4.78 is 14.9. The number of carbonyl (C=O) groups excluding carboxylic acids is 1. The van der Waals surface area contributed by atoms with Gasteiger partial charge in [-0.15, -0.1) is 0 Å². The fourth-order valence-electron chi connectivity index (χ4n) is 3.61. The predicted octanol–water partition coefficient (Wildman–Crippen LogP) is 4.66. The number of aliphatic carboxylic acids is 1. The summed E-state index contributed by atoms with van der Waals surface area (Å²) in [6, 6.07) is 7.53. The molecular formula is C25H31N3O5. The summed E-state index contributed by atoms with van der Waals surface area (Å²) in [4.78, 5) is 23.9. The summed E-state index contributed by atoms with van der Waals surface area (Å²) in [7, 11) is 1.82. The molecule has 3 rings (SSSR count). The second-order valence-corrected chi connectivity index (χ2v) is 8.97. The van der Waals surface area contributed by atoms with Gasteiger partial charge in [0.1, 0.15) is 17.2 Å². The summed E-state index contributed by atoms with van der Waals surface area (Å²) in [5.41, 5.74) is 2.02. The Morgan fingerprint density at radius 1 is 1.24 bits per heavy atom. The first-order valence-corrected chi connectivity index (χ1v) is 10.9. The monoisotopic (exact) mass is 453 g/mol. The SMILES string of the molecule is CCC(=Cc1c(C)nn(C)c1-n1ccc2ccc(OC(C)C(=O)OC(C)(C)C)cc21)C(=O)O. The van der Waals surface area contributed by atoms with E-state index in [0.717, 1.165) is 28.0 Å². The third-order valence-electron chi connectivity index (χ3n) is 5.16. The maximum atomic E-state index is 12.3. The Bertz CT molecular complexity index is 1230. The van der Waals surface area contributed by atoms with Gasteiger partial charge in [0.25, 0.3) is 0 Å². The Kier molecular flexibility index (Phi) is 6.67. The Morgan fingerprint density at radius 2 is 1.94 bits per heavy atom. The Labute approximate surface area is 193 Å². The number of nitrogens with zero attached hydrogens (tertiary/aromatic N) is 3. The Hall–Kier alpha value is -3.55. The molecule has 2 heterocycles. The average molecular weight is 454 g/mol. The minimum Gasteiger partial charge on any atom is -0.479 e. The van der Waals surface area contributed by atoms with Crippen LogP contribution in [0.25, 0.3) is 22.8 Å². The van der Waals surface area contributed by atoms with Crippen molar-refractivity contribution < 1.29 is 24.2 Å². The van der Waals surface area contributed by atoms with E-state index < -0.39 is 23.6 Å². The largest absolute Gasteiger partial charge is 0.479 e. The molecule has 0 aliphatic carbocycles. The van der Waals surface area contributed by atoms with Crippen LogP contribution in [0.1, 0.15) is 52.3 Å².